The molecular formula is C29H31N5O3. The van der Waals surface area contributed by atoms with E-state index in [0.717, 1.165) is 46.8 Å². The molecule has 0 spiro atoms. The number of nitrogens with zero attached hydrogens (tertiary/aromatic N) is 5. The van der Waals surface area contributed by atoms with Crippen molar-refractivity contribution in [2.75, 3.05) is 26.2 Å². The number of hydrogen-bond acceptors (Lipinski definition) is 5. The van der Waals surface area contributed by atoms with E-state index >= 15 is 0 Å². The fraction of sp³-hybridized carbons (Fsp3) is 0.310. The molecule has 0 aliphatic carbocycles. The van der Waals surface area contributed by atoms with E-state index in [1.807, 2.05) is 29.2 Å². The molecule has 8 nitrogen and oxygen atoms in total. The molecule has 190 valence electrons. The number of rotatable bonds is 7. The zero-order valence-electron chi connectivity index (χ0n) is 21.2. The number of non-ortho nitro benzene ring substituents is 1. The monoisotopic (exact) mass is 497 g/mol. The van der Waals surface area contributed by atoms with Crippen molar-refractivity contribution in [3.63, 3.8) is 0 Å². The molecule has 37 heavy (non-hydrogen) atoms. The van der Waals surface area contributed by atoms with Crippen molar-refractivity contribution in [3.8, 4) is 22.4 Å². The molecule has 0 N–H and O–H groups in total. The standard InChI is InChI=1S/C29H31N5O3/c1-21(2)18-28(35)32-16-14-31(15-17-32)20-26-29(23-8-11-25(12-9-23)34(36)37)30-27-13-10-24(19-33(26)27)22-6-4-3-5-7-22/h3-13,19,21H,14-18,20H2,1-2H3. The summed E-state index contributed by atoms with van der Waals surface area (Å²) in [6.07, 6.45) is 2.70. The number of piperazine rings is 1. The van der Waals surface area contributed by atoms with Crippen molar-refractivity contribution in [1.82, 2.24) is 19.2 Å². The highest BCUT2D eigenvalue weighted by molar-refractivity contribution is 5.76. The molecule has 1 saturated heterocycles. The molecule has 3 heterocycles. The Morgan fingerprint density at radius 1 is 0.919 bits per heavy atom. The number of imidazole rings is 1. The maximum absolute atomic E-state index is 12.5. The van der Waals surface area contributed by atoms with Crippen LogP contribution in [0.15, 0.2) is 72.9 Å². The van der Waals surface area contributed by atoms with Gasteiger partial charge in [0.05, 0.1) is 16.3 Å². The lowest BCUT2D eigenvalue weighted by Crippen LogP contribution is -2.48. The van der Waals surface area contributed by atoms with Gasteiger partial charge < -0.3 is 9.30 Å². The summed E-state index contributed by atoms with van der Waals surface area (Å²) < 4.78 is 2.13. The van der Waals surface area contributed by atoms with E-state index < -0.39 is 0 Å². The van der Waals surface area contributed by atoms with E-state index in [2.05, 4.69) is 47.5 Å². The highest BCUT2D eigenvalue weighted by Gasteiger charge is 2.24. The molecule has 0 saturated carbocycles. The summed E-state index contributed by atoms with van der Waals surface area (Å²) in [7, 11) is 0. The van der Waals surface area contributed by atoms with E-state index in [1.54, 1.807) is 12.1 Å². The first-order valence-corrected chi connectivity index (χ1v) is 12.7. The van der Waals surface area contributed by atoms with Gasteiger partial charge in [-0.25, -0.2) is 4.98 Å². The first kappa shape index (κ1) is 24.6. The number of pyridine rings is 1. The largest absolute Gasteiger partial charge is 0.340 e. The van der Waals surface area contributed by atoms with Gasteiger partial charge in [0.25, 0.3) is 5.69 Å². The molecule has 2 aromatic heterocycles. The van der Waals surface area contributed by atoms with Gasteiger partial charge in [0.15, 0.2) is 0 Å². The normalized spacial score (nSPS) is 14.4. The van der Waals surface area contributed by atoms with Gasteiger partial charge in [-0.15, -0.1) is 0 Å². The zero-order valence-corrected chi connectivity index (χ0v) is 21.2. The molecular weight excluding hydrogens is 466 g/mol. The molecule has 2 aromatic carbocycles. The summed E-state index contributed by atoms with van der Waals surface area (Å²) in [4.78, 5) is 32.6. The van der Waals surface area contributed by atoms with E-state index in [4.69, 9.17) is 4.98 Å². The molecule has 1 aliphatic heterocycles. The SMILES string of the molecule is CC(C)CC(=O)N1CCN(Cc2c(-c3ccc([N+](=O)[O-])cc3)nc3ccc(-c4ccccc4)cn23)CC1. The molecule has 1 fully saturated rings. The van der Waals surface area contributed by atoms with Crippen molar-refractivity contribution in [2.24, 2.45) is 5.92 Å². The number of carbonyl (C=O) groups is 1. The minimum absolute atomic E-state index is 0.0580. The highest BCUT2D eigenvalue weighted by atomic mass is 16.6. The Kier molecular flexibility index (Phi) is 7.01. The zero-order chi connectivity index (χ0) is 25.9. The Balaban J connectivity index is 1.48. The van der Waals surface area contributed by atoms with Crippen LogP contribution in [0, 0.1) is 16.0 Å². The Bertz CT molecular complexity index is 1410. The summed E-state index contributed by atoms with van der Waals surface area (Å²) in [6, 6.07) is 20.9. The van der Waals surface area contributed by atoms with Crippen molar-refractivity contribution in [2.45, 2.75) is 26.8 Å². The van der Waals surface area contributed by atoms with Crippen LogP contribution in [0.25, 0.3) is 28.0 Å². The summed E-state index contributed by atoms with van der Waals surface area (Å²) in [5, 5.41) is 11.2. The lowest BCUT2D eigenvalue weighted by Gasteiger charge is -2.35. The Hall–Kier alpha value is -4.04. The quantitative estimate of drug-likeness (QED) is 0.257. The van der Waals surface area contributed by atoms with Crippen LogP contribution >= 0.6 is 0 Å². The summed E-state index contributed by atoms with van der Waals surface area (Å²) in [5.74, 6) is 0.579. The highest BCUT2D eigenvalue weighted by Crippen LogP contribution is 2.30. The molecule has 0 bridgehead atoms. The number of aromatic nitrogens is 2. The average Bonchev–Trinajstić information content (AvgIpc) is 3.26. The van der Waals surface area contributed by atoms with Gasteiger partial charge in [0.1, 0.15) is 5.65 Å². The van der Waals surface area contributed by atoms with Gasteiger partial charge >= 0.3 is 0 Å². The van der Waals surface area contributed by atoms with E-state index in [0.29, 0.717) is 32.0 Å². The molecule has 5 rings (SSSR count). The first-order chi connectivity index (χ1) is 17.9. The second-order valence-corrected chi connectivity index (χ2v) is 9.98. The van der Waals surface area contributed by atoms with Gasteiger partial charge in [-0.2, -0.15) is 0 Å². The average molecular weight is 498 g/mol. The van der Waals surface area contributed by atoms with E-state index in [1.165, 1.54) is 12.1 Å². The Morgan fingerprint density at radius 2 is 1.59 bits per heavy atom. The van der Waals surface area contributed by atoms with Gasteiger partial charge in [0.2, 0.25) is 5.91 Å². The van der Waals surface area contributed by atoms with Crippen LogP contribution in [-0.4, -0.2) is 56.2 Å². The van der Waals surface area contributed by atoms with E-state index in [-0.39, 0.29) is 16.5 Å². The number of nitro benzene ring substituents is 1. The molecule has 0 atom stereocenters. The van der Waals surface area contributed by atoms with Crippen LogP contribution < -0.4 is 0 Å². The Morgan fingerprint density at radius 3 is 2.24 bits per heavy atom. The number of hydrogen-bond donors (Lipinski definition) is 0. The third-order valence-corrected chi connectivity index (χ3v) is 6.86. The minimum Gasteiger partial charge on any atom is -0.340 e. The number of nitro groups is 1. The van der Waals surface area contributed by atoms with Crippen LogP contribution in [0.2, 0.25) is 0 Å². The van der Waals surface area contributed by atoms with Crippen LogP contribution in [0.1, 0.15) is 26.0 Å². The number of fused-ring (bicyclic) bond motifs is 1. The molecule has 0 unspecified atom stereocenters. The van der Waals surface area contributed by atoms with Gasteiger partial charge in [-0.05, 0) is 41.3 Å². The fourth-order valence-electron chi connectivity index (χ4n) is 4.86. The van der Waals surface area contributed by atoms with Crippen LogP contribution in [0.4, 0.5) is 5.69 Å². The molecule has 4 aromatic rings. The lowest BCUT2D eigenvalue weighted by molar-refractivity contribution is -0.384. The van der Waals surface area contributed by atoms with Crippen LogP contribution in [-0.2, 0) is 11.3 Å². The lowest BCUT2D eigenvalue weighted by atomic mass is 10.1. The molecule has 0 radical (unpaired) electrons. The number of amides is 1. The maximum atomic E-state index is 12.5. The molecule has 1 amide bonds. The summed E-state index contributed by atoms with van der Waals surface area (Å²) in [5.41, 5.74) is 5.79. The number of carbonyl (C=O) groups excluding carboxylic acids is 1. The van der Waals surface area contributed by atoms with Crippen molar-refractivity contribution < 1.29 is 9.72 Å². The smallest absolute Gasteiger partial charge is 0.269 e. The van der Waals surface area contributed by atoms with Crippen LogP contribution in [0.3, 0.4) is 0 Å². The van der Waals surface area contributed by atoms with Gasteiger partial charge in [-0.1, -0.05) is 44.2 Å². The van der Waals surface area contributed by atoms with Crippen molar-refractivity contribution >= 4 is 17.2 Å². The molecule has 1 aliphatic rings. The fourth-order valence-corrected chi connectivity index (χ4v) is 4.86. The second kappa shape index (κ2) is 10.5. The van der Waals surface area contributed by atoms with Crippen LogP contribution in [0.5, 0.6) is 0 Å². The predicted molar refractivity (Wildman–Crippen MR) is 144 cm³/mol. The topological polar surface area (TPSA) is 84.0 Å². The van der Waals surface area contributed by atoms with Gasteiger partial charge in [0, 0.05) is 63.0 Å². The number of benzene rings is 2. The Labute approximate surface area is 216 Å². The first-order valence-electron chi connectivity index (χ1n) is 12.7. The minimum atomic E-state index is -0.388. The van der Waals surface area contributed by atoms with Gasteiger partial charge in [-0.3, -0.25) is 19.8 Å². The van der Waals surface area contributed by atoms with Crippen molar-refractivity contribution in [1.29, 1.82) is 0 Å². The van der Waals surface area contributed by atoms with Crippen molar-refractivity contribution in [3.05, 3.63) is 88.7 Å². The van der Waals surface area contributed by atoms with E-state index in [9.17, 15) is 14.9 Å². The predicted octanol–water partition coefficient (Wildman–Crippen LogP) is 5.27. The molecule has 8 heteroatoms. The second-order valence-electron chi connectivity index (χ2n) is 9.98. The third-order valence-electron chi connectivity index (χ3n) is 6.86. The summed E-state index contributed by atoms with van der Waals surface area (Å²) in [6.45, 7) is 7.81. The summed E-state index contributed by atoms with van der Waals surface area (Å²) >= 11 is 0. The third kappa shape index (κ3) is 5.39. The maximum Gasteiger partial charge on any atom is 0.269 e.